The fourth-order valence-electron chi connectivity index (χ4n) is 4.27. The Bertz CT molecular complexity index is 1320. The summed E-state index contributed by atoms with van der Waals surface area (Å²) in [6.07, 6.45) is 4.69. The minimum Gasteiger partial charge on any atom is -0.488 e. The van der Waals surface area contributed by atoms with Crippen LogP contribution in [-0.2, 0) is 6.42 Å². The molecule has 1 aliphatic rings. The highest BCUT2D eigenvalue weighted by Gasteiger charge is 2.32. The van der Waals surface area contributed by atoms with Crippen molar-refractivity contribution in [2.24, 2.45) is 0 Å². The molecule has 1 N–H and O–H groups in total. The molecule has 0 bridgehead atoms. The molecule has 4 rings (SSSR count). The molecule has 6 nitrogen and oxygen atoms in total. The number of hydrogen-bond acceptors (Lipinski definition) is 6. The minimum absolute atomic E-state index is 0.259. The summed E-state index contributed by atoms with van der Waals surface area (Å²) in [5.41, 5.74) is 3.07. The Balaban J connectivity index is 1.76. The van der Waals surface area contributed by atoms with Crippen LogP contribution in [-0.4, -0.2) is 30.2 Å². The predicted molar refractivity (Wildman–Crippen MR) is 132 cm³/mol. The van der Waals surface area contributed by atoms with Crippen LogP contribution in [0.4, 0.5) is 26.2 Å². The number of nitrogens with one attached hydrogen (secondary N) is 1. The number of benzene rings is 2. The average molecular weight is 474 g/mol. The monoisotopic (exact) mass is 473 g/mol. The zero-order valence-corrected chi connectivity index (χ0v) is 19.4. The predicted octanol–water partition coefficient (Wildman–Crippen LogP) is 5.64. The quantitative estimate of drug-likeness (QED) is 0.406. The number of likely N-dealkylation sites (N-methyl/N-ethyl adjacent to an activating group) is 1. The molecule has 0 aliphatic heterocycles. The van der Waals surface area contributed by atoms with Gasteiger partial charge >= 0.3 is 0 Å². The number of anilines is 3. The van der Waals surface area contributed by atoms with Gasteiger partial charge in [-0.2, -0.15) is 10.2 Å². The lowest BCUT2D eigenvalue weighted by molar-refractivity contribution is 0.362. The second kappa shape index (κ2) is 10.3. The van der Waals surface area contributed by atoms with E-state index in [2.05, 4.69) is 24.5 Å². The van der Waals surface area contributed by atoms with Crippen LogP contribution in [0.15, 0.2) is 61.7 Å². The molecule has 1 heterocycles. The molecule has 0 saturated carbocycles. The van der Waals surface area contributed by atoms with Gasteiger partial charge in [0.2, 0.25) is 5.95 Å². The second-order valence-electron chi connectivity index (χ2n) is 8.21. The van der Waals surface area contributed by atoms with Gasteiger partial charge in [0, 0.05) is 42.9 Å². The number of fused-ring (bicyclic) bond motifs is 1. The molecule has 1 aromatic heterocycles. The van der Waals surface area contributed by atoms with Gasteiger partial charge in [0.1, 0.15) is 35.9 Å². The van der Waals surface area contributed by atoms with Gasteiger partial charge in [0.15, 0.2) is 0 Å². The molecule has 35 heavy (non-hydrogen) atoms. The van der Waals surface area contributed by atoms with Crippen molar-refractivity contribution < 1.29 is 13.5 Å². The Kier molecular flexibility index (Phi) is 7.06. The lowest BCUT2D eigenvalue weighted by Gasteiger charge is -2.21. The van der Waals surface area contributed by atoms with Crippen molar-refractivity contribution in [3.8, 4) is 11.8 Å². The van der Waals surface area contributed by atoms with Crippen molar-refractivity contribution in [1.82, 2.24) is 9.97 Å². The van der Waals surface area contributed by atoms with E-state index >= 15 is 0 Å². The van der Waals surface area contributed by atoms with E-state index in [4.69, 9.17) is 14.7 Å². The van der Waals surface area contributed by atoms with Gasteiger partial charge in [-0.3, -0.25) is 0 Å². The van der Waals surface area contributed by atoms with Crippen LogP contribution in [0.5, 0.6) is 5.75 Å². The summed E-state index contributed by atoms with van der Waals surface area (Å²) in [7, 11) is 1.91. The molecule has 0 radical (unpaired) electrons. The first kappa shape index (κ1) is 23.9. The standard InChI is InChI=1S/C27H25F2N5O/c1-4-12-34(3)26-22-11-10-21(20-9-7-18(28)14-23(20)29)25(22)32-27(33-26)31-19-8-6-17(16-30)24(15-19)35-13-5-2/h4-9,14-15,21H,1-2,10-13H2,3H3,(H,31,32,33). The second-order valence-corrected chi connectivity index (χ2v) is 8.21. The highest BCUT2D eigenvalue weighted by molar-refractivity contribution is 5.63. The normalized spacial score (nSPS) is 14.1. The number of halogens is 2. The molecular formula is C27H25F2N5O. The van der Waals surface area contributed by atoms with Crippen LogP contribution in [0.2, 0.25) is 0 Å². The number of nitrogens with zero attached hydrogens (tertiary/aromatic N) is 4. The van der Waals surface area contributed by atoms with Crippen molar-refractivity contribution in [1.29, 1.82) is 5.26 Å². The van der Waals surface area contributed by atoms with E-state index in [1.807, 2.05) is 11.9 Å². The topological polar surface area (TPSA) is 74.1 Å². The van der Waals surface area contributed by atoms with Crippen LogP contribution >= 0.6 is 0 Å². The summed E-state index contributed by atoms with van der Waals surface area (Å²) in [5.74, 6) is -0.0711. The molecule has 178 valence electrons. The minimum atomic E-state index is -0.615. The lowest BCUT2D eigenvalue weighted by Crippen LogP contribution is -2.21. The van der Waals surface area contributed by atoms with Crippen molar-refractivity contribution in [3.05, 3.63) is 95.7 Å². The third-order valence-corrected chi connectivity index (χ3v) is 5.85. The molecule has 0 fully saturated rings. The van der Waals surface area contributed by atoms with Gasteiger partial charge in [-0.25, -0.2) is 13.8 Å². The van der Waals surface area contributed by atoms with Gasteiger partial charge in [0.05, 0.1) is 11.3 Å². The largest absolute Gasteiger partial charge is 0.488 e. The SMILES string of the molecule is C=CCOc1cc(Nc2nc3c(c(N(C)CC=C)n2)CCC3c2ccc(F)cc2F)ccc1C#N. The molecule has 0 spiro atoms. The first-order valence-corrected chi connectivity index (χ1v) is 11.2. The van der Waals surface area contributed by atoms with E-state index < -0.39 is 11.6 Å². The van der Waals surface area contributed by atoms with E-state index in [1.54, 1.807) is 30.4 Å². The number of aromatic nitrogens is 2. The summed E-state index contributed by atoms with van der Waals surface area (Å²) in [6, 6.07) is 10.8. The molecule has 1 aliphatic carbocycles. The Morgan fingerprint density at radius 3 is 2.74 bits per heavy atom. The molecule has 1 unspecified atom stereocenters. The first-order chi connectivity index (χ1) is 16.9. The third kappa shape index (κ3) is 4.99. The lowest BCUT2D eigenvalue weighted by atomic mass is 9.96. The van der Waals surface area contributed by atoms with Crippen molar-refractivity contribution in [3.63, 3.8) is 0 Å². The molecule has 8 heteroatoms. The smallest absolute Gasteiger partial charge is 0.229 e. The van der Waals surface area contributed by atoms with E-state index in [0.717, 1.165) is 17.4 Å². The summed E-state index contributed by atoms with van der Waals surface area (Å²) in [6.45, 7) is 8.27. The van der Waals surface area contributed by atoms with Crippen LogP contribution in [0, 0.1) is 23.0 Å². The van der Waals surface area contributed by atoms with Crippen LogP contribution < -0.4 is 15.0 Å². The molecule has 3 aromatic rings. The molecular weight excluding hydrogens is 448 g/mol. The Morgan fingerprint density at radius 2 is 2.03 bits per heavy atom. The van der Waals surface area contributed by atoms with E-state index in [-0.39, 0.29) is 12.5 Å². The number of hydrogen-bond donors (Lipinski definition) is 1. The molecule has 1 atom stereocenters. The Labute approximate surface area is 203 Å². The van der Waals surface area contributed by atoms with Crippen molar-refractivity contribution in [2.45, 2.75) is 18.8 Å². The van der Waals surface area contributed by atoms with E-state index in [1.165, 1.54) is 12.1 Å². The van der Waals surface area contributed by atoms with Gasteiger partial charge < -0.3 is 15.0 Å². The Hall–Kier alpha value is -4.25. The van der Waals surface area contributed by atoms with Crippen molar-refractivity contribution in [2.75, 3.05) is 30.4 Å². The van der Waals surface area contributed by atoms with Crippen LogP contribution in [0.1, 0.15) is 34.7 Å². The maximum Gasteiger partial charge on any atom is 0.229 e. The molecule has 2 aromatic carbocycles. The zero-order chi connectivity index (χ0) is 24.9. The summed E-state index contributed by atoms with van der Waals surface area (Å²) >= 11 is 0. The van der Waals surface area contributed by atoms with Crippen LogP contribution in [0.3, 0.4) is 0 Å². The zero-order valence-electron chi connectivity index (χ0n) is 19.4. The summed E-state index contributed by atoms with van der Waals surface area (Å²) in [4.78, 5) is 11.4. The summed E-state index contributed by atoms with van der Waals surface area (Å²) in [5, 5.41) is 12.6. The van der Waals surface area contributed by atoms with Gasteiger partial charge in [-0.05, 0) is 36.6 Å². The third-order valence-electron chi connectivity index (χ3n) is 5.85. The van der Waals surface area contributed by atoms with E-state index in [0.29, 0.717) is 53.6 Å². The van der Waals surface area contributed by atoms with Gasteiger partial charge in [-0.1, -0.05) is 24.8 Å². The molecule has 0 amide bonds. The molecule has 0 saturated heterocycles. The number of rotatable bonds is 9. The van der Waals surface area contributed by atoms with E-state index in [9.17, 15) is 14.0 Å². The Morgan fingerprint density at radius 1 is 1.20 bits per heavy atom. The van der Waals surface area contributed by atoms with Crippen molar-refractivity contribution >= 4 is 17.5 Å². The van der Waals surface area contributed by atoms with Crippen LogP contribution in [0.25, 0.3) is 0 Å². The van der Waals surface area contributed by atoms with Gasteiger partial charge in [-0.15, -0.1) is 6.58 Å². The highest BCUT2D eigenvalue weighted by Crippen LogP contribution is 2.42. The number of ether oxygens (including phenoxy) is 1. The maximum atomic E-state index is 14.7. The van der Waals surface area contributed by atoms with Gasteiger partial charge in [0.25, 0.3) is 0 Å². The first-order valence-electron chi connectivity index (χ1n) is 11.2. The highest BCUT2D eigenvalue weighted by atomic mass is 19.1. The number of nitriles is 1. The fourth-order valence-corrected chi connectivity index (χ4v) is 4.27. The maximum absolute atomic E-state index is 14.7. The summed E-state index contributed by atoms with van der Waals surface area (Å²) < 4.78 is 33.8. The average Bonchev–Trinajstić information content (AvgIpc) is 3.26. The fraction of sp³-hybridized carbons (Fsp3) is 0.222.